The molecular weight excluding hydrogens is 286 g/mol. The number of para-hydroxylation sites is 1. The van der Waals surface area contributed by atoms with Crippen molar-refractivity contribution in [3.8, 4) is 17.5 Å². The van der Waals surface area contributed by atoms with Crippen LogP contribution in [0.5, 0.6) is 0 Å². The Bertz CT molecular complexity index is 907. The van der Waals surface area contributed by atoms with Crippen molar-refractivity contribution < 1.29 is 0 Å². The number of hydrogen-bond acceptors (Lipinski definition) is 3. The number of rotatable bonds is 2. The zero-order valence-electron chi connectivity index (χ0n) is 11.0. The van der Waals surface area contributed by atoms with E-state index in [2.05, 4.69) is 4.98 Å². The van der Waals surface area contributed by atoms with E-state index in [1.807, 2.05) is 12.1 Å². The van der Waals surface area contributed by atoms with Crippen molar-refractivity contribution in [1.29, 1.82) is 5.26 Å². The van der Waals surface area contributed by atoms with Gasteiger partial charge in [-0.3, -0.25) is 9.36 Å². The molecular formula is C16H10ClN3O. The average Bonchev–Trinajstić information content (AvgIpc) is 2.51. The van der Waals surface area contributed by atoms with Gasteiger partial charge in [0.15, 0.2) is 0 Å². The minimum Gasteiger partial charge on any atom is -0.278 e. The van der Waals surface area contributed by atoms with Crippen LogP contribution in [-0.2, 0) is 6.54 Å². The van der Waals surface area contributed by atoms with Crippen LogP contribution in [0.2, 0.25) is 5.02 Å². The number of benzene rings is 2. The molecule has 0 N–H and O–H groups in total. The molecule has 0 bridgehead atoms. The number of hydrogen-bond donors (Lipinski definition) is 0. The van der Waals surface area contributed by atoms with E-state index in [9.17, 15) is 4.79 Å². The van der Waals surface area contributed by atoms with Crippen LogP contribution >= 0.6 is 11.6 Å². The molecule has 0 amide bonds. The van der Waals surface area contributed by atoms with Gasteiger partial charge in [-0.15, -0.1) is 0 Å². The molecule has 1 aromatic heterocycles. The van der Waals surface area contributed by atoms with Crippen LogP contribution in [0.4, 0.5) is 0 Å². The molecule has 0 spiro atoms. The normalized spacial score (nSPS) is 10.5. The second-order valence-corrected chi connectivity index (χ2v) is 4.95. The first-order chi connectivity index (χ1) is 10.2. The minimum absolute atomic E-state index is 0.0470. The summed E-state index contributed by atoms with van der Waals surface area (Å²) in [4.78, 5) is 17.0. The number of nitriles is 1. The molecule has 4 nitrogen and oxygen atoms in total. The van der Waals surface area contributed by atoms with Crippen molar-refractivity contribution in [3.05, 3.63) is 63.9 Å². The van der Waals surface area contributed by atoms with E-state index >= 15 is 0 Å². The smallest absolute Gasteiger partial charge is 0.262 e. The van der Waals surface area contributed by atoms with Gasteiger partial charge in [0.05, 0.1) is 17.0 Å². The maximum Gasteiger partial charge on any atom is 0.262 e. The van der Waals surface area contributed by atoms with Crippen LogP contribution in [0.25, 0.3) is 22.3 Å². The Balaban J connectivity index is 2.35. The van der Waals surface area contributed by atoms with E-state index in [-0.39, 0.29) is 12.1 Å². The van der Waals surface area contributed by atoms with Crippen molar-refractivity contribution in [2.45, 2.75) is 6.54 Å². The van der Waals surface area contributed by atoms with Crippen molar-refractivity contribution in [2.75, 3.05) is 0 Å². The van der Waals surface area contributed by atoms with Gasteiger partial charge < -0.3 is 0 Å². The zero-order chi connectivity index (χ0) is 14.8. The number of fused-ring (bicyclic) bond motifs is 1. The quantitative estimate of drug-likeness (QED) is 0.729. The lowest BCUT2D eigenvalue weighted by molar-refractivity contribution is 0.787. The van der Waals surface area contributed by atoms with Crippen LogP contribution < -0.4 is 5.56 Å². The molecule has 1 heterocycles. The first-order valence-electron chi connectivity index (χ1n) is 6.33. The minimum atomic E-state index is -0.216. The second-order valence-electron chi connectivity index (χ2n) is 4.51. The van der Waals surface area contributed by atoms with E-state index < -0.39 is 0 Å². The van der Waals surface area contributed by atoms with Gasteiger partial charge in [0.25, 0.3) is 5.56 Å². The van der Waals surface area contributed by atoms with Gasteiger partial charge in [0, 0.05) is 10.6 Å². The predicted octanol–water partition coefficient (Wildman–Crippen LogP) is 3.24. The van der Waals surface area contributed by atoms with Crippen LogP contribution in [0.3, 0.4) is 0 Å². The highest BCUT2D eigenvalue weighted by molar-refractivity contribution is 6.30. The summed E-state index contributed by atoms with van der Waals surface area (Å²) in [5.41, 5.74) is 1.14. The topological polar surface area (TPSA) is 58.7 Å². The molecule has 2 aromatic carbocycles. The highest BCUT2D eigenvalue weighted by atomic mass is 35.5. The third kappa shape index (κ3) is 2.39. The van der Waals surface area contributed by atoms with Gasteiger partial charge in [-0.25, -0.2) is 4.98 Å². The monoisotopic (exact) mass is 295 g/mol. The fourth-order valence-electron chi connectivity index (χ4n) is 2.20. The maximum atomic E-state index is 12.5. The summed E-state index contributed by atoms with van der Waals surface area (Å²) in [5, 5.41) is 10.1. The van der Waals surface area contributed by atoms with Gasteiger partial charge in [-0.05, 0) is 36.4 Å². The Morgan fingerprint density at radius 1 is 1.14 bits per heavy atom. The van der Waals surface area contributed by atoms with E-state index in [0.717, 1.165) is 5.56 Å². The molecule has 0 fully saturated rings. The molecule has 0 unspecified atom stereocenters. The van der Waals surface area contributed by atoms with Crippen LogP contribution in [0.15, 0.2) is 53.3 Å². The predicted molar refractivity (Wildman–Crippen MR) is 82.1 cm³/mol. The summed E-state index contributed by atoms with van der Waals surface area (Å²) in [7, 11) is 0. The van der Waals surface area contributed by atoms with Gasteiger partial charge in [-0.1, -0.05) is 23.7 Å². The standard InChI is InChI=1S/C16H10ClN3O/c17-12-7-5-11(6-8-12)15-19-14-4-2-1-3-13(14)16(21)20(15)10-9-18/h1-8H,10H2. The van der Waals surface area contributed by atoms with Gasteiger partial charge >= 0.3 is 0 Å². The Morgan fingerprint density at radius 2 is 1.86 bits per heavy atom. The summed E-state index contributed by atoms with van der Waals surface area (Å²) in [6, 6.07) is 16.1. The molecule has 0 saturated carbocycles. The van der Waals surface area contributed by atoms with Gasteiger partial charge in [0.2, 0.25) is 0 Å². The number of halogens is 1. The van der Waals surface area contributed by atoms with Crippen molar-refractivity contribution in [1.82, 2.24) is 9.55 Å². The average molecular weight is 296 g/mol. The SMILES string of the molecule is N#CCn1c(-c2ccc(Cl)cc2)nc2ccccc2c1=O. The van der Waals surface area contributed by atoms with E-state index in [0.29, 0.717) is 21.7 Å². The first-order valence-corrected chi connectivity index (χ1v) is 6.71. The van der Waals surface area contributed by atoms with E-state index in [1.165, 1.54) is 4.57 Å². The Kier molecular flexibility index (Phi) is 3.43. The van der Waals surface area contributed by atoms with Crippen molar-refractivity contribution in [3.63, 3.8) is 0 Å². The molecule has 21 heavy (non-hydrogen) atoms. The van der Waals surface area contributed by atoms with Crippen LogP contribution in [0, 0.1) is 11.3 Å². The molecule has 0 aliphatic heterocycles. The Morgan fingerprint density at radius 3 is 2.57 bits per heavy atom. The molecule has 0 saturated heterocycles. The molecule has 0 radical (unpaired) electrons. The van der Waals surface area contributed by atoms with Gasteiger partial charge in [0.1, 0.15) is 12.4 Å². The van der Waals surface area contributed by atoms with E-state index in [4.69, 9.17) is 16.9 Å². The summed E-state index contributed by atoms with van der Waals surface area (Å²) in [6.07, 6.45) is 0. The molecule has 3 rings (SSSR count). The Labute approximate surface area is 125 Å². The van der Waals surface area contributed by atoms with Gasteiger partial charge in [-0.2, -0.15) is 5.26 Å². The van der Waals surface area contributed by atoms with Crippen LogP contribution in [0.1, 0.15) is 0 Å². The highest BCUT2D eigenvalue weighted by Gasteiger charge is 2.12. The van der Waals surface area contributed by atoms with Crippen LogP contribution in [-0.4, -0.2) is 9.55 Å². The number of nitrogens with zero attached hydrogens (tertiary/aromatic N) is 3. The maximum absolute atomic E-state index is 12.5. The first kappa shape index (κ1) is 13.3. The van der Waals surface area contributed by atoms with Crippen molar-refractivity contribution in [2.24, 2.45) is 0 Å². The van der Waals surface area contributed by atoms with E-state index in [1.54, 1.807) is 42.5 Å². The highest BCUT2D eigenvalue weighted by Crippen LogP contribution is 2.20. The molecule has 0 aliphatic rings. The fraction of sp³-hybridized carbons (Fsp3) is 0.0625. The molecule has 0 atom stereocenters. The molecule has 5 heteroatoms. The number of aromatic nitrogens is 2. The fourth-order valence-corrected chi connectivity index (χ4v) is 2.33. The lowest BCUT2D eigenvalue weighted by atomic mass is 10.2. The molecule has 102 valence electrons. The summed E-state index contributed by atoms with van der Waals surface area (Å²) in [5.74, 6) is 0.469. The van der Waals surface area contributed by atoms with Crippen molar-refractivity contribution >= 4 is 22.5 Å². The largest absolute Gasteiger partial charge is 0.278 e. The third-order valence-corrected chi connectivity index (χ3v) is 3.44. The zero-order valence-corrected chi connectivity index (χ0v) is 11.7. The lowest BCUT2D eigenvalue weighted by Gasteiger charge is -2.10. The summed E-state index contributed by atoms with van der Waals surface area (Å²) < 4.78 is 1.38. The molecule has 0 aliphatic carbocycles. The Hall–Kier alpha value is -2.64. The molecule has 3 aromatic rings. The summed E-state index contributed by atoms with van der Waals surface area (Å²) >= 11 is 5.89. The summed E-state index contributed by atoms with van der Waals surface area (Å²) in [6.45, 7) is -0.0470. The lowest BCUT2D eigenvalue weighted by Crippen LogP contribution is -2.23. The second kappa shape index (κ2) is 5.39. The third-order valence-electron chi connectivity index (χ3n) is 3.19.